The van der Waals surface area contributed by atoms with Crippen molar-refractivity contribution in [1.82, 2.24) is 10.2 Å². The maximum Gasteiger partial charge on any atom is 0.122 e. The molecule has 1 aromatic heterocycles. The van der Waals surface area contributed by atoms with Crippen molar-refractivity contribution >= 4 is 0 Å². The quantitative estimate of drug-likeness (QED) is 0.884. The van der Waals surface area contributed by atoms with Gasteiger partial charge in [0.15, 0.2) is 0 Å². The molecule has 0 unspecified atom stereocenters. The molecule has 0 amide bonds. The Hall–Kier alpha value is -0.840. The van der Waals surface area contributed by atoms with Crippen LogP contribution in [0.4, 0.5) is 0 Å². The van der Waals surface area contributed by atoms with Gasteiger partial charge in [-0.05, 0) is 32.8 Å². The molecule has 1 aliphatic carbocycles. The van der Waals surface area contributed by atoms with Gasteiger partial charge in [-0.2, -0.15) is 0 Å². The van der Waals surface area contributed by atoms with Crippen LogP contribution in [0.2, 0.25) is 0 Å². The highest BCUT2D eigenvalue weighted by Gasteiger charge is 2.31. The van der Waals surface area contributed by atoms with Crippen LogP contribution in [0.15, 0.2) is 16.7 Å². The molecule has 1 N–H and O–H groups in total. The van der Waals surface area contributed by atoms with E-state index in [2.05, 4.69) is 30.1 Å². The zero-order valence-corrected chi connectivity index (χ0v) is 11.9. The first-order chi connectivity index (χ1) is 9.15. The van der Waals surface area contributed by atoms with Crippen molar-refractivity contribution in [2.45, 2.75) is 51.4 Å². The number of nitrogens with zero attached hydrogens (tertiary/aromatic N) is 1. The third-order valence-electron chi connectivity index (χ3n) is 4.14. The van der Waals surface area contributed by atoms with Crippen molar-refractivity contribution in [3.63, 3.8) is 0 Å². The van der Waals surface area contributed by atoms with E-state index in [-0.39, 0.29) is 5.54 Å². The number of nitrogens with one attached hydrogen (secondary N) is 1. The molecule has 0 aromatic carbocycles. The molecule has 106 valence electrons. The van der Waals surface area contributed by atoms with Gasteiger partial charge in [-0.25, -0.2) is 0 Å². The van der Waals surface area contributed by atoms with E-state index >= 15 is 0 Å². The second kappa shape index (κ2) is 5.27. The van der Waals surface area contributed by atoms with E-state index in [1.165, 1.54) is 18.4 Å². The van der Waals surface area contributed by atoms with E-state index in [4.69, 9.17) is 9.15 Å². The average Bonchev–Trinajstić information content (AvgIpc) is 3.10. The highest BCUT2D eigenvalue weighted by molar-refractivity contribution is 5.17. The minimum Gasteiger partial charge on any atom is -0.468 e. The second-order valence-electron chi connectivity index (χ2n) is 6.31. The summed E-state index contributed by atoms with van der Waals surface area (Å²) in [6.07, 6.45) is 4.44. The Morgan fingerprint density at radius 2 is 2.26 bits per heavy atom. The van der Waals surface area contributed by atoms with Gasteiger partial charge >= 0.3 is 0 Å². The molecule has 4 nitrogen and oxygen atoms in total. The fourth-order valence-electron chi connectivity index (χ4n) is 2.58. The molecule has 1 aliphatic heterocycles. The fraction of sp³-hybridized carbons (Fsp3) is 0.733. The zero-order chi connectivity index (χ0) is 13.3. The Morgan fingerprint density at radius 1 is 1.42 bits per heavy atom. The standard InChI is InChI=1S/C15H24N2O2/c1-15(2)11-18-8-6-17(15)10-12-5-7-19-14(12)9-16-13-3-4-13/h5,7,13,16H,3-4,6,8-11H2,1-2H3. The van der Waals surface area contributed by atoms with Gasteiger partial charge in [0, 0.05) is 30.2 Å². The summed E-state index contributed by atoms with van der Waals surface area (Å²) in [7, 11) is 0. The number of furan rings is 1. The van der Waals surface area contributed by atoms with Crippen molar-refractivity contribution < 1.29 is 9.15 Å². The van der Waals surface area contributed by atoms with Crippen LogP contribution in [0.3, 0.4) is 0 Å². The summed E-state index contributed by atoms with van der Waals surface area (Å²) in [6, 6.07) is 2.83. The van der Waals surface area contributed by atoms with Gasteiger partial charge in [-0.3, -0.25) is 4.90 Å². The van der Waals surface area contributed by atoms with Crippen LogP contribution in [-0.2, 0) is 17.8 Å². The lowest BCUT2D eigenvalue weighted by molar-refractivity contribution is -0.0554. The summed E-state index contributed by atoms with van der Waals surface area (Å²) in [6.45, 7) is 8.93. The van der Waals surface area contributed by atoms with Crippen molar-refractivity contribution in [2.75, 3.05) is 19.8 Å². The lowest BCUT2D eigenvalue weighted by Crippen LogP contribution is -2.52. The minimum atomic E-state index is 0.108. The van der Waals surface area contributed by atoms with E-state index in [0.29, 0.717) is 0 Å². The maximum absolute atomic E-state index is 5.63. The average molecular weight is 264 g/mol. The Kier molecular flexibility index (Phi) is 3.65. The van der Waals surface area contributed by atoms with E-state index < -0.39 is 0 Å². The molecule has 0 spiro atoms. The lowest BCUT2D eigenvalue weighted by Gasteiger charge is -2.42. The Bertz CT molecular complexity index is 424. The van der Waals surface area contributed by atoms with Crippen LogP contribution in [0.25, 0.3) is 0 Å². The van der Waals surface area contributed by atoms with Gasteiger partial charge in [0.05, 0.1) is 26.0 Å². The third kappa shape index (κ3) is 3.19. The number of hydrogen-bond donors (Lipinski definition) is 1. The molecule has 19 heavy (non-hydrogen) atoms. The van der Waals surface area contributed by atoms with Gasteiger partial charge in [-0.1, -0.05) is 0 Å². The summed E-state index contributed by atoms with van der Waals surface area (Å²) in [5.74, 6) is 1.09. The van der Waals surface area contributed by atoms with E-state index in [0.717, 1.165) is 44.7 Å². The van der Waals surface area contributed by atoms with Crippen LogP contribution in [0.1, 0.15) is 38.0 Å². The van der Waals surface area contributed by atoms with Crippen LogP contribution < -0.4 is 5.32 Å². The fourth-order valence-corrected chi connectivity index (χ4v) is 2.58. The molecule has 2 fully saturated rings. The van der Waals surface area contributed by atoms with Crippen LogP contribution in [0.5, 0.6) is 0 Å². The molecule has 4 heteroatoms. The smallest absolute Gasteiger partial charge is 0.122 e. The van der Waals surface area contributed by atoms with Crippen molar-refractivity contribution in [1.29, 1.82) is 0 Å². The zero-order valence-electron chi connectivity index (χ0n) is 11.9. The topological polar surface area (TPSA) is 37.6 Å². The molecule has 3 rings (SSSR count). The van der Waals surface area contributed by atoms with Gasteiger partial charge in [0.1, 0.15) is 5.76 Å². The van der Waals surface area contributed by atoms with Gasteiger partial charge in [0.2, 0.25) is 0 Å². The molecular formula is C15H24N2O2. The predicted molar refractivity (Wildman–Crippen MR) is 73.9 cm³/mol. The molecule has 0 atom stereocenters. The second-order valence-corrected chi connectivity index (χ2v) is 6.31. The third-order valence-corrected chi connectivity index (χ3v) is 4.14. The van der Waals surface area contributed by atoms with Crippen LogP contribution in [0, 0.1) is 0 Å². The molecule has 0 radical (unpaired) electrons. The van der Waals surface area contributed by atoms with Crippen molar-refractivity contribution in [2.24, 2.45) is 0 Å². The normalized spacial score (nSPS) is 23.7. The van der Waals surface area contributed by atoms with Crippen molar-refractivity contribution in [3.8, 4) is 0 Å². The van der Waals surface area contributed by atoms with E-state index in [1.807, 2.05) is 6.26 Å². The Labute approximate surface area is 115 Å². The molecule has 0 bridgehead atoms. The molecule has 1 saturated carbocycles. The highest BCUT2D eigenvalue weighted by Crippen LogP contribution is 2.24. The first-order valence-corrected chi connectivity index (χ1v) is 7.26. The molecule has 2 heterocycles. The molecular weight excluding hydrogens is 240 g/mol. The first kappa shape index (κ1) is 13.2. The Balaban J connectivity index is 1.63. The largest absolute Gasteiger partial charge is 0.468 e. The molecule has 2 aliphatic rings. The number of hydrogen-bond acceptors (Lipinski definition) is 4. The summed E-state index contributed by atoms with van der Waals surface area (Å²) >= 11 is 0. The number of ether oxygens (including phenoxy) is 1. The summed E-state index contributed by atoms with van der Waals surface area (Å²) in [4.78, 5) is 2.49. The number of rotatable bonds is 5. The predicted octanol–water partition coefficient (Wildman–Crippen LogP) is 2.14. The van der Waals surface area contributed by atoms with E-state index in [1.54, 1.807) is 0 Å². The summed E-state index contributed by atoms with van der Waals surface area (Å²) < 4.78 is 11.2. The van der Waals surface area contributed by atoms with Gasteiger partial charge in [-0.15, -0.1) is 0 Å². The van der Waals surface area contributed by atoms with Crippen molar-refractivity contribution in [3.05, 3.63) is 23.7 Å². The molecule has 1 saturated heterocycles. The van der Waals surface area contributed by atoms with Crippen LogP contribution in [-0.4, -0.2) is 36.2 Å². The first-order valence-electron chi connectivity index (χ1n) is 7.26. The van der Waals surface area contributed by atoms with Gasteiger partial charge < -0.3 is 14.5 Å². The number of morpholine rings is 1. The lowest BCUT2D eigenvalue weighted by atomic mass is 10.0. The monoisotopic (exact) mass is 264 g/mol. The summed E-state index contributed by atoms with van der Waals surface area (Å²) in [5, 5.41) is 3.52. The summed E-state index contributed by atoms with van der Waals surface area (Å²) in [5.41, 5.74) is 1.42. The maximum atomic E-state index is 5.63. The highest BCUT2D eigenvalue weighted by atomic mass is 16.5. The molecule has 1 aromatic rings. The minimum absolute atomic E-state index is 0.108. The van der Waals surface area contributed by atoms with E-state index in [9.17, 15) is 0 Å². The van der Waals surface area contributed by atoms with Gasteiger partial charge in [0.25, 0.3) is 0 Å². The van der Waals surface area contributed by atoms with Crippen LogP contribution >= 0.6 is 0 Å². The Morgan fingerprint density at radius 3 is 3.00 bits per heavy atom. The SMILES string of the molecule is CC1(C)COCCN1Cc1ccoc1CNC1CC1.